The zero-order chi connectivity index (χ0) is 10.0. The van der Waals surface area contributed by atoms with Gasteiger partial charge in [-0.25, -0.2) is 0 Å². The molecule has 1 nitrogen and oxygen atoms in total. The Kier molecular flexibility index (Phi) is 3.40. The van der Waals surface area contributed by atoms with Gasteiger partial charge < -0.3 is 4.90 Å². The maximum atomic E-state index is 4.16. The van der Waals surface area contributed by atoms with Crippen molar-refractivity contribution in [3.63, 3.8) is 0 Å². The molecule has 0 aromatic carbocycles. The summed E-state index contributed by atoms with van der Waals surface area (Å²) in [7, 11) is 0. The average molecular weight is 181 g/mol. The van der Waals surface area contributed by atoms with Crippen LogP contribution in [0.1, 0.15) is 34.1 Å². The molecule has 1 atom stereocenters. The Hall–Kier alpha value is -0.460. The topological polar surface area (TPSA) is 3.24 Å². The standard InChI is InChI=1S/C12H23N/c1-9(2)11(5)13-7-6-12(8-13)10(3)4/h9-10,12H,5-8H2,1-4H3. The molecule has 1 heterocycles. The fraction of sp³-hybridized carbons (Fsp3) is 0.833. The number of rotatable bonds is 3. The van der Waals surface area contributed by atoms with Crippen LogP contribution in [-0.2, 0) is 0 Å². The fourth-order valence-corrected chi connectivity index (χ4v) is 1.96. The number of hydrogen-bond acceptors (Lipinski definition) is 1. The van der Waals surface area contributed by atoms with E-state index in [1.54, 1.807) is 0 Å². The van der Waals surface area contributed by atoms with Crippen LogP contribution in [0.5, 0.6) is 0 Å². The zero-order valence-electron chi connectivity index (χ0n) is 9.51. The van der Waals surface area contributed by atoms with Crippen molar-refractivity contribution in [3.05, 3.63) is 12.3 Å². The second-order valence-corrected chi connectivity index (χ2v) is 4.88. The summed E-state index contributed by atoms with van der Waals surface area (Å²) in [4.78, 5) is 2.47. The Balaban J connectivity index is 2.45. The third-order valence-corrected chi connectivity index (χ3v) is 3.24. The summed E-state index contributed by atoms with van der Waals surface area (Å²) in [6, 6.07) is 0. The number of allylic oxidation sites excluding steroid dienone is 1. The van der Waals surface area contributed by atoms with Gasteiger partial charge in [0, 0.05) is 18.8 Å². The van der Waals surface area contributed by atoms with Crippen LogP contribution < -0.4 is 0 Å². The largest absolute Gasteiger partial charge is 0.375 e. The molecule has 1 heteroatoms. The van der Waals surface area contributed by atoms with Crippen LogP contribution in [0.25, 0.3) is 0 Å². The van der Waals surface area contributed by atoms with Crippen LogP contribution in [0.3, 0.4) is 0 Å². The zero-order valence-corrected chi connectivity index (χ0v) is 9.51. The molecule has 13 heavy (non-hydrogen) atoms. The van der Waals surface area contributed by atoms with Crippen LogP contribution in [0.15, 0.2) is 12.3 Å². The lowest BCUT2D eigenvalue weighted by Gasteiger charge is -2.24. The predicted molar refractivity (Wildman–Crippen MR) is 58.5 cm³/mol. The van der Waals surface area contributed by atoms with Crippen molar-refractivity contribution in [2.75, 3.05) is 13.1 Å². The molecule has 0 N–H and O–H groups in total. The fourth-order valence-electron chi connectivity index (χ4n) is 1.96. The first-order chi connectivity index (χ1) is 6.02. The van der Waals surface area contributed by atoms with Gasteiger partial charge in [0.25, 0.3) is 0 Å². The van der Waals surface area contributed by atoms with Crippen LogP contribution in [0, 0.1) is 17.8 Å². The van der Waals surface area contributed by atoms with Gasteiger partial charge in [0.05, 0.1) is 0 Å². The normalized spacial score (nSPS) is 23.2. The van der Waals surface area contributed by atoms with E-state index in [9.17, 15) is 0 Å². The molecule has 0 saturated carbocycles. The Morgan fingerprint density at radius 1 is 1.31 bits per heavy atom. The smallest absolute Gasteiger partial charge is 0.0206 e. The van der Waals surface area contributed by atoms with Gasteiger partial charge in [-0.05, 0) is 24.2 Å². The number of likely N-dealkylation sites (tertiary alicyclic amines) is 1. The van der Waals surface area contributed by atoms with Gasteiger partial charge in [0.2, 0.25) is 0 Å². The van der Waals surface area contributed by atoms with Gasteiger partial charge in [0.15, 0.2) is 0 Å². The van der Waals surface area contributed by atoms with Gasteiger partial charge in [-0.15, -0.1) is 0 Å². The molecule has 0 aromatic rings. The first-order valence-electron chi connectivity index (χ1n) is 5.46. The third kappa shape index (κ3) is 2.49. The molecule has 1 aliphatic heterocycles. The highest BCUT2D eigenvalue weighted by atomic mass is 15.2. The van der Waals surface area contributed by atoms with E-state index in [4.69, 9.17) is 0 Å². The van der Waals surface area contributed by atoms with E-state index in [1.807, 2.05) is 0 Å². The second kappa shape index (κ2) is 4.17. The summed E-state index contributed by atoms with van der Waals surface area (Å²) in [5, 5.41) is 0. The highest BCUT2D eigenvalue weighted by Gasteiger charge is 2.25. The monoisotopic (exact) mass is 181 g/mol. The molecule has 0 bridgehead atoms. The number of nitrogens with zero attached hydrogens (tertiary/aromatic N) is 1. The maximum Gasteiger partial charge on any atom is 0.0206 e. The van der Waals surface area contributed by atoms with Gasteiger partial charge >= 0.3 is 0 Å². The Morgan fingerprint density at radius 2 is 1.92 bits per heavy atom. The highest BCUT2D eigenvalue weighted by molar-refractivity contribution is 5.00. The van der Waals surface area contributed by atoms with Gasteiger partial charge in [-0.1, -0.05) is 34.3 Å². The second-order valence-electron chi connectivity index (χ2n) is 4.88. The van der Waals surface area contributed by atoms with Crippen molar-refractivity contribution in [1.29, 1.82) is 0 Å². The van der Waals surface area contributed by atoms with E-state index >= 15 is 0 Å². The molecule has 0 aliphatic carbocycles. The predicted octanol–water partition coefficient (Wildman–Crippen LogP) is 3.13. The Labute approximate surface area is 82.8 Å². The summed E-state index contributed by atoms with van der Waals surface area (Å²) < 4.78 is 0. The third-order valence-electron chi connectivity index (χ3n) is 3.24. The Morgan fingerprint density at radius 3 is 2.31 bits per heavy atom. The minimum atomic E-state index is 0.603. The molecule has 0 spiro atoms. The molecule has 1 unspecified atom stereocenters. The lowest BCUT2D eigenvalue weighted by molar-refractivity contribution is 0.336. The van der Waals surface area contributed by atoms with Gasteiger partial charge in [-0.2, -0.15) is 0 Å². The SMILES string of the molecule is C=C(C(C)C)N1CCC(C(C)C)C1. The van der Waals surface area contributed by atoms with E-state index < -0.39 is 0 Å². The van der Waals surface area contributed by atoms with E-state index in [-0.39, 0.29) is 0 Å². The first kappa shape index (κ1) is 10.6. The van der Waals surface area contributed by atoms with Crippen molar-refractivity contribution in [1.82, 2.24) is 4.90 Å². The van der Waals surface area contributed by atoms with E-state index in [1.165, 1.54) is 25.2 Å². The van der Waals surface area contributed by atoms with Crippen molar-refractivity contribution in [2.45, 2.75) is 34.1 Å². The molecule has 1 rings (SSSR count). The highest BCUT2D eigenvalue weighted by Crippen LogP contribution is 2.27. The minimum absolute atomic E-state index is 0.603. The van der Waals surface area contributed by atoms with Crippen LogP contribution in [-0.4, -0.2) is 18.0 Å². The lowest BCUT2D eigenvalue weighted by Crippen LogP contribution is -2.23. The molecular weight excluding hydrogens is 158 g/mol. The summed E-state index contributed by atoms with van der Waals surface area (Å²) in [5.74, 6) is 2.31. The van der Waals surface area contributed by atoms with Crippen molar-refractivity contribution < 1.29 is 0 Å². The molecule has 1 fully saturated rings. The van der Waals surface area contributed by atoms with E-state index in [0.29, 0.717) is 5.92 Å². The van der Waals surface area contributed by atoms with Crippen LogP contribution in [0.2, 0.25) is 0 Å². The molecule has 1 saturated heterocycles. The van der Waals surface area contributed by atoms with Gasteiger partial charge in [-0.3, -0.25) is 0 Å². The molecule has 0 aromatic heterocycles. The molecular formula is C12H23N. The van der Waals surface area contributed by atoms with Crippen molar-refractivity contribution in [3.8, 4) is 0 Å². The van der Waals surface area contributed by atoms with Crippen LogP contribution >= 0.6 is 0 Å². The van der Waals surface area contributed by atoms with E-state index in [2.05, 4.69) is 39.2 Å². The summed E-state index contributed by atoms with van der Waals surface area (Å²) in [5.41, 5.74) is 1.32. The average Bonchev–Trinajstić information content (AvgIpc) is 2.50. The number of hydrogen-bond donors (Lipinski definition) is 0. The summed E-state index contributed by atoms with van der Waals surface area (Å²) in [6.07, 6.45) is 1.35. The van der Waals surface area contributed by atoms with Crippen molar-refractivity contribution in [2.24, 2.45) is 17.8 Å². The van der Waals surface area contributed by atoms with Crippen LogP contribution in [0.4, 0.5) is 0 Å². The molecule has 0 amide bonds. The maximum absolute atomic E-state index is 4.16. The summed E-state index contributed by atoms with van der Waals surface area (Å²) >= 11 is 0. The minimum Gasteiger partial charge on any atom is -0.375 e. The lowest BCUT2D eigenvalue weighted by atomic mass is 9.95. The molecule has 76 valence electrons. The van der Waals surface area contributed by atoms with E-state index in [0.717, 1.165) is 11.8 Å². The molecule has 1 aliphatic rings. The quantitative estimate of drug-likeness (QED) is 0.646. The first-order valence-corrected chi connectivity index (χ1v) is 5.46. The Bertz CT molecular complexity index is 182. The van der Waals surface area contributed by atoms with Gasteiger partial charge in [0.1, 0.15) is 0 Å². The van der Waals surface area contributed by atoms with Crippen molar-refractivity contribution >= 4 is 0 Å². The summed E-state index contributed by atoms with van der Waals surface area (Å²) in [6.45, 7) is 15.7. The molecule has 0 radical (unpaired) electrons.